The minimum Gasteiger partial charge on any atom is -0.461 e. The van der Waals surface area contributed by atoms with Crippen molar-refractivity contribution in [1.82, 2.24) is 4.98 Å². The second kappa shape index (κ2) is 8.95. The summed E-state index contributed by atoms with van der Waals surface area (Å²) in [6.45, 7) is 1.96. The highest BCUT2D eigenvalue weighted by molar-refractivity contribution is 7.11. The van der Waals surface area contributed by atoms with Crippen molar-refractivity contribution in [2.75, 3.05) is 6.61 Å². The molecule has 138 valence electrons. The number of rotatable bonds is 7. The maximum Gasteiger partial charge on any atom is 0.367 e. The number of hydrogen-bond donors (Lipinski definition) is 0. The van der Waals surface area contributed by atoms with Crippen molar-refractivity contribution in [2.24, 2.45) is 0 Å². The van der Waals surface area contributed by atoms with E-state index in [4.69, 9.17) is 14.2 Å². The monoisotopic (exact) mass is 383 g/mol. The lowest BCUT2D eigenvalue weighted by molar-refractivity contribution is 0.0465. The van der Waals surface area contributed by atoms with Gasteiger partial charge in [0.2, 0.25) is 5.01 Å². The van der Waals surface area contributed by atoms with E-state index in [0.29, 0.717) is 22.8 Å². The van der Waals surface area contributed by atoms with Crippen molar-refractivity contribution >= 4 is 23.3 Å². The maximum absolute atomic E-state index is 12.5. The normalized spacial score (nSPS) is 10.3. The molecule has 1 heterocycles. The van der Waals surface area contributed by atoms with Crippen molar-refractivity contribution in [3.8, 4) is 11.5 Å². The summed E-state index contributed by atoms with van der Waals surface area (Å²) in [4.78, 5) is 28.2. The summed E-state index contributed by atoms with van der Waals surface area (Å²) in [5.41, 5.74) is 0.792. The lowest BCUT2D eigenvalue weighted by atomic mass is 10.2. The zero-order chi connectivity index (χ0) is 19.1. The van der Waals surface area contributed by atoms with Crippen molar-refractivity contribution in [1.29, 1.82) is 0 Å². The van der Waals surface area contributed by atoms with Gasteiger partial charge in [-0.1, -0.05) is 30.3 Å². The molecule has 0 aliphatic rings. The van der Waals surface area contributed by atoms with Crippen LogP contribution in [0.4, 0.5) is 0 Å². The molecule has 0 aliphatic carbocycles. The molecular weight excluding hydrogens is 366 g/mol. The summed E-state index contributed by atoms with van der Waals surface area (Å²) < 4.78 is 16.0. The number of thiazole rings is 1. The Hall–Kier alpha value is -3.19. The van der Waals surface area contributed by atoms with Crippen LogP contribution >= 0.6 is 11.3 Å². The minimum atomic E-state index is -0.535. The van der Waals surface area contributed by atoms with Gasteiger partial charge in [-0.25, -0.2) is 14.6 Å². The summed E-state index contributed by atoms with van der Waals surface area (Å²) in [5.74, 6) is 0.00409. The Kier molecular flexibility index (Phi) is 6.17. The molecule has 1 aromatic heterocycles. The second-order valence-corrected chi connectivity index (χ2v) is 6.21. The zero-order valence-corrected chi connectivity index (χ0v) is 15.4. The molecule has 0 amide bonds. The number of nitrogens with zero attached hydrogens (tertiary/aromatic N) is 1. The van der Waals surface area contributed by atoms with Gasteiger partial charge < -0.3 is 14.2 Å². The Bertz CT molecular complexity index is 923. The topological polar surface area (TPSA) is 74.7 Å². The Labute approximate surface area is 160 Å². The fraction of sp³-hybridized carbons (Fsp3) is 0.150. The van der Waals surface area contributed by atoms with Crippen LogP contribution in [-0.4, -0.2) is 23.5 Å². The van der Waals surface area contributed by atoms with E-state index in [9.17, 15) is 9.59 Å². The second-order valence-electron chi connectivity index (χ2n) is 5.35. The fourth-order valence-corrected chi connectivity index (χ4v) is 2.91. The van der Waals surface area contributed by atoms with E-state index in [1.807, 2.05) is 18.2 Å². The van der Waals surface area contributed by atoms with Gasteiger partial charge in [0, 0.05) is 5.38 Å². The third-order valence-corrected chi connectivity index (χ3v) is 4.30. The summed E-state index contributed by atoms with van der Waals surface area (Å²) in [6.07, 6.45) is 0. The molecule has 0 saturated carbocycles. The number of benzene rings is 2. The van der Waals surface area contributed by atoms with Crippen LogP contribution < -0.4 is 4.74 Å². The van der Waals surface area contributed by atoms with Crippen LogP contribution in [0.3, 0.4) is 0 Å². The summed E-state index contributed by atoms with van der Waals surface area (Å²) in [5, 5.41) is 1.89. The van der Waals surface area contributed by atoms with E-state index in [-0.39, 0.29) is 18.2 Å². The van der Waals surface area contributed by atoms with Crippen molar-refractivity contribution in [2.45, 2.75) is 13.5 Å². The Balaban J connectivity index is 1.66. The maximum atomic E-state index is 12.5. The van der Waals surface area contributed by atoms with Gasteiger partial charge in [0.05, 0.1) is 12.3 Å². The molecule has 0 unspecified atom stereocenters. The van der Waals surface area contributed by atoms with E-state index in [1.54, 1.807) is 48.7 Å². The van der Waals surface area contributed by atoms with E-state index in [2.05, 4.69) is 4.98 Å². The molecule has 0 N–H and O–H groups in total. The number of carbonyl (C=O) groups excluding carboxylic acids is 2. The average molecular weight is 383 g/mol. The third-order valence-electron chi connectivity index (χ3n) is 3.43. The molecule has 6 nitrogen and oxygen atoms in total. The summed E-state index contributed by atoms with van der Waals surface area (Å²) in [6, 6.07) is 16.0. The molecule has 3 aromatic rings. The predicted molar refractivity (Wildman–Crippen MR) is 100 cm³/mol. The lowest BCUT2D eigenvalue weighted by Gasteiger charge is -2.10. The molecule has 0 radical (unpaired) electrons. The van der Waals surface area contributed by atoms with E-state index in [0.717, 1.165) is 11.3 Å². The van der Waals surface area contributed by atoms with E-state index < -0.39 is 11.9 Å². The minimum absolute atomic E-state index is 0.0472. The number of ether oxygens (including phenoxy) is 3. The van der Waals surface area contributed by atoms with Crippen LogP contribution in [-0.2, 0) is 16.1 Å². The SMILES string of the molecule is CCOC(=O)c1nc(COC(=O)c2ccccc2Oc2ccccc2)cs1. The lowest BCUT2D eigenvalue weighted by Crippen LogP contribution is -2.08. The first-order chi connectivity index (χ1) is 13.2. The standard InChI is InChI=1S/C20H17NO5S/c1-2-24-20(23)18-21-14(13-27-18)12-25-19(22)16-10-6-7-11-17(16)26-15-8-4-3-5-9-15/h3-11,13H,2,12H2,1H3. The van der Waals surface area contributed by atoms with Crippen LogP contribution in [0.1, 0.15) is 32.8 Å². The number of hydrogen-bond acceptors (Lipinski definition) is 7. The molecule has 0 atom stereocenters. The Morgan fingerprint density at radius 3 is 2.48 bits per heavy atom. The van der Waals surface area contributed by atoms with Gasteiger partial charge in [-0.05, 0) is 31.2 Å². The molecule has 0 spiro atoms. The zero-order valence-electron chi connectivity index (χ0n) is 14.6. The number of aromatic nitrogens is 1. The highest BCUT2D eigenvalue weighted by Gasteiger charge is 2.16. The number of para-hydroxylation sites is 2. The largest absolute Gasteiger partial charge is 0.461 e. The quantitative estimate of drug-likeness (QED) is 0.561. The average Bonchev–Trinajstić information content (AvgIpc) is 3.17. The summed E-state index contributed by atoms with van der Waals surface area (Å²) in [7, 11) is 0. The molecule has 0 saturated heterocycles. The van der Waals surface area contributed by atoms with E-state index in [1.165, 1.54) is 0 Å². The highest BCUT2D eigenvalue weighted by atomic mass is 32.1. The molecule has 7 heteroatoms. The molecule has 3 rings (SSSR count). The first kappa shape index (κ1) is 18.6. The van der Waals surface area contributed by atoms with Crippen LogP contribution in [0.2, 0.25) is 0 Å². The van der Waals surface area contributed by atoms with Crippen molar-refractivity contribution in [3.63, 3.8) is 0 Å². The molecule has 27 heavy (non-hydrogen) atoms. The van der Waals surface area contributed by atoms with Gasteiger partial charge in [0.15, 0.2) is 0 Å². The van der Waals surface area contributed by atoms with Gasteiger partial charge in [-0.3, -0.25) is 0 Å². The van der Waals surface area contributed by atoms with Gasteiger partial charge in [0.1, 0.15) is 23.7 Å². The Morgan fingerprint density at radius 1 is 0.963 bits per heavy atom. The van der Waals surface area contributed by atoms with Gasteiger partial charge >= 0.3 is 11.9 Å². The fourth-order valence-electron chi connectivity index (χ4n) is 2.22. The smallest absolute Gasteiger partial charge is 0.367 e. The molecule has 0 bridgehead atoms. The van der Waals surface area contributed by atoms with Crippen LogP contribution in [0, 0.1) is 0 Å². The van der Waals surface area contributed by atoms with Crippen molar-refractivity contribution < 1.29 is 23.8 Å². The van der Waals surface area contributed by atoms with Gasteiger partial charge in [-0.2, -0.15) is 0 Å². The first-order valence-corrected chi connectivity index (χ1v) is 9.16. The Morgan fingerprint density at radius 2 is 1.70 bits per heavy atom. The number of carbonyl (C=O) groups is 2. The third kappa shape index (κ3) is 4.92. The predicted octanol–water partition coefficient (Wildman–Crippen LogP) is 4.47. The van der Waals surface area contributed by atoms with Crippen LogP contribution in [0.5, 0.6) is 11.5 Å². The molecule has 0 fully saturated rings. The van der Waals surface area contributed by atoms with Crippen LogP contribution in [0.25, 0.3) is 0 Å². The number of esters is 2. The highest BCUT2D eigenvalue weighted by Crippen LogP contribution is 2.26. The van der Waals surface area contributed by atoms with Crippen molar-refractivity contribution in [3.05, 3.63) is 76.2 Å². The summed E-state index contributed by atoms with van der Waals surface area (Å²) >= 11 is 1.15. The first-order valence-electron chi connectivity index (χ1n) is 8.28. The van der Waals surface area contributed by atoms with Gasteiger partial charge in [0.25, 0.3) is 0 Å². The molecular formula is C20H17NO5S. The molecule has 0 aliphatic heterocycles. The van der Waals surface area contributed by atoms with Crippen LogP contribution in [0.15, 0.2) is 60.0 Å². The molecule has 2 aromatic carbocycles. The van der Waals surface area contributed by atoms with Gasteiger partial charge in [-0.15, -0.1) is 11.3 Å². The van der Waals surface area contributed by atoms with E-state index >= 15 is 0 Å².